The number of carboxylic acids is 1. The molecule has 33 heavy (non-hydrogen) atoms. The van der Waals surface area contributed by atoms with Crippen LogP contribution >= 0.6 is 0 Å². The molecular weight excluding hydrogens is 414 g/mol. The standard InChI is InChI=1S/C28H45NO4/c1-16(2)12-23(31)21-9-8-19-18-15-29(26(3,4)5)24-13-22(30)17(25(32)33)14-28(24,7)20(18)10-11-27(19,21)6/h13,16-21,23,31H,8-12,14-15H2,1-7H3,(H,32,33)/t17?,18-,19-,20-,21+,23?,27-,28+/m0/s1. The Labute approximate surface area is 200 Å². The van der Waals surface area contributed by atoms with Crippen LogP contribution in [0.25, 0.3) is 0 Å². The summed E-state index contributed by atoms with van der Waals surface area (Å²) in [5.74, 6) is 0.0487. The Hall–Kier alpha value is -1.36. The van der Waals surface area contributed by atoms with Crippen LogP contribution in [0.2, 0.25) is 0 Å². The average Bonchev–Trinajstić information content (AvgIpc) is 3.03. The third-order valence-corrected chi connectivity index (χ3v) is 10.1. The summed E-state index contributed by atoms with van der Waals surface area (Å²) < 4.78 is 0. The molecule has 3 aliphatic carbocycles. The number of aliphatic hydroxyl groups is 1. The first-order chi connectivity index (χ1) is 15.2. The number of hydrogen-bond donors (Lipinski definition) is 2. The molecule has 3 fully saturated rings. The molecule has 2 unspecified atom stereocenters. The number of piperidine rings is 1. The number of nitrogens with zero attached hydrogens (tertiary/aromatic N) is 1. The van der Waals surface area contributed by atoms with Crippen molar-refractivity contribution in [1.82, 2.24) is 4.90 Å². The zero-order valence-electron chi connectivity index (χ0n) is 21.7. The fourth-order valence-corrected chi connectivity index (χ4v) is 8.56. The number of hydrogen-bond acceptors (Lipinski definition) is 4. The Kier molecular flexibility index (Phi) is 6.08. The van der Waals surface area contributed by atoms with E-state index in [1.54, 1.807) is 6.08 Å². The van der Waals surface area contributed by atoms with Gasteiger partial charge in [0, 0.05) is 29.3 Å². The quantitative estimate of drug-likeness (QED) is 0.570. The third-order valence-electron chi connectivity index (χ3n) is 10.1. The van der Waals surface area contributed by atoms with Crippen molar-refractivity contribution >= 4 is 11.8 Å². The minimum atomic E-state index is -0.987. The van der Waals surface area contributed by atoms with Crippen LogP contribution in [0, 0.1) is 46.3 Å². The Morgan fingerprint density at radius 1 is 1.18 bits per heavy atom. The van der Waals surface area contributed by atoms with E-state index in [0.29, 0.717) is 36.0 Å². The lowest BCUT2D eigenvalue weighted by atomic mass is 9.48. The molecule has 1 heterocycles. The van der Waals surface area contributed by atoms with E-state index in [9.17, 15) is 19.8 Å². The summed E-state index contributed by atoms with van der Waals surface area (Å²) in [7, 11) is 0. The van der Waals surface area contributed by atoms with Crippen LogP contribution in [0.4, 0.5) is 0 Å². The fourth-order valence-electron chi connectivity index (χ4n) is 8.56. The largest absolute Gasteiger partial charge is 0.481 e. The van der Waals surface area contributed by atoms with Gasteiger partial charge >= 0.3 is 5.97 Å². The molecule has 0 bridgehead atoms. The van der Waals surface area contributed by atoms with E-state index < -0.39 is 11.9 Å². The van der Waals surface area contributed by atoms with Crippen molar-refractivity contribution < 1.29 is 19.8 Å². The van der Waals surface area contributed by atoms with Gasteiger partial charge in [0.2, 0.25) is 0 Å². The molecule has 5 nitrogen and oxygen atoms in total. The molecule has 5 heteroatoms. The molecule has 4 aliphatic rings. The lowest BCUT2D eigenvalue weighted by molar-refractivity contribution is -0.151. The number of rotatable bonds is 4. The van der Waals surface area contributed by atoms with E-state index in [1.165, 1.54) is 0 Å². The monoisotopic (exact) mass is 459 g/mol. The molecule has 0 aromatic carbocycles. The van der Waals surface area contributed by atoms with Crippen LogP contribution in [-0.2, 0) is 9.59 Å². The van der Waals surface area contributed by atoms with Crippen LogP contribution in [-0.4, -0.2) is 45.1 Å². The number of ketones is 1. The van der Waals surface area contributed by atoms with Gasteiger partial charge in [-0.25, -0.2) is 0 Å². The smallest absolute Gasteiger partial charge is 0.314 e. The van der Waals surface area contributed by atoms with Gasteiger partial charge in [-0.05, 0) is 94.3 Å². The zero-order valence-corrected chi connectivity index (χ0v) is 21.7. The number of carbonyl (C=O) groups is 2. The van der Waals surface area contributed by atoms with Gasteiger partial charge in [0.25, 0.3) is 0 Å². The number of aliphatic carboxylic acids is 1. The van der Waals surface area contributed by atoms with Crippen LogP contribution in [0.5, 0.6) is 0 Å². The van der Waals surface area contributed by atoms with Crippen molar-refractivity contribution in [3.05, 3.63) is 11.8 Å². The molecule has 0 radical (unpaired) electrons. The molecule has 1 aliphatic heterocycles. The second-order valence-corrected chi connectivity index (χ2v) is 13.5. The van der Waals surface area contributed by atoms with Crippen molar-refractivity contribution in [3.63, 3.8) is 0 Å². The Morgan fingerprint density at radius 3 is 2.42 bits per heavy atom. The highest BCUT2D eigenvalue weighted by atomic mass is 16.4. The molecule has 1 saturated heterocycles. The fraction of sp³-hybridized carbons (Fsp3) is 0.857. The summed E-state index contributed by atoms with van der Waals surface area (Å²) in [6, 6.07) is 0. The number of allylic oxidation sites excluding steroid dienone is 2. The number of carbonyl (C=O) groups excluding carboxylic acids is 1. The number of likely N-dealkylation sites (tertiary alicyclic amines) is 1. The molecule has 0 aromatic rings. The Morgan fingerprint density at radius 2 is 1.85 bits per heavy atom. The van der Waals surface area contributed by atoms with E-state index in [2.05, 4.69) is 53.4 Å². The molecule has 0 aromatic heterocycles. The van der Waals surface area contributed by atoms with Crippen molar-refractivity contribution in [1.29, 1.82) is 0 Å². The van der Waals surface area contributed by atoms with Crippen LogP contribution in [0.15, 0.2) is 11.8 Å². The van der Waals surface area contributed by atoms with E-state index in [-0.39, 0.29) is 28.3 Å². The lowest BCUT2D eigenvalue weighted by Crippen LogP contribution is -2.62. The summed E-state index contributed by atoms with van der Waals surface area (Å²) in [4.78, 5) is 27.2. The van der Waals surface area contributed by atoms with Gasteiger partial charge in [-0.15, -0.1) is 0 Å². The molecule has 4 rings (SSSR count). The maximum absolute atomic E-state index is 12.8. The van der Waals surface area contributed by atoms with Gasteiger partial charge in [0.15, 0.2) is 5.78 Å². The van der Waals surface area contributed by atoms with Gasteiger partial charge < -0.3 is 15.1 Å². The first-order valence-electron chi connectivity index (χ1n) is 13.1. The average molecular weight is 460 g/mol. The lowest BCUT2D eigenvalue weighted by Gasteiger charge is -2.63. The van der Waals surface area contributed by atoms with Gasteiger partial charge in [-0.3, -0.25) is 9.59 Å². The molecular formula is C28H45NO4. The van der Waals surface area contributed by atoms with E-state index in [0.717, 1.165) is 44.3 Å². The van der Waals surface area contributed by atoms with Crippen molar-refractivity contribution in [2.24, 2.45) is 46.3 Å². The summed E-state index contributed by atoms with van der Waals surface area (Å²) in [6.07, 6.45) is 7.08. The first kappa shape index (κ1) is 24.8. The molecule has 8 atom stereocenters. The van der Waals surface area contributed by atoms with E-state index in [4.69, 9.17) is 0 Å². The van der Waals surface area contributed by atoms with Gasteiger partial charge in [-0.1, -0.05) is 27.7 Å². The number of fused-ring (bicyclic) bond motifs is 5. The van der Waals surface area contributed by atoms with Gasteiger partial charge in [-0.2, -0.15) is 0 Å². The highest BCUT2D eigenvalue weighted by Crippen LogP contribution is 2.66. The Balaban J connectivity index is 1.73. The zero-order chi connectivity index (χ0) is 24.5. The SMILES string of the molecule is CC(C)CC(O)[C@H]1CC[C@H]2[C@@H]3CN(C(C)(C)C)C4=CC(=O)C(C(=O)O)C[C@]4(C)[C@H]3CC[C@]12C. The Bertz CT molecular complexity index is 841. The first-order valence-corrected chi connectivity index (χ1v) is 13.1. The normalized spacial score (nSPS) is 41.8. The second-order valence-electron chi connectivity index (χ2n) is 13.5. The maximum atomic E-state index is 12.8. The van der Waals surface area contributed by atoms with Crippen molar-refractivity contribution in [3.8, 4) is 0 Å². The van der Waals surface area contributed by atoms with Crippen molar-refractivity contribution in [2.75, 3.05) is 6.54 Å². The highest BCUT2D eigenvalue weighted by Gasteiger charge is 2.63. The molecule has 0 amide bonds. The predicted octanol–water partition coefficient (Wildman–Crippen LogP) is 5.13. The topological polar surface area (TPSA) is 77.8 Å². The predicted molar refractivity (Wildman–Crippen MR) is 129 cm³/mol. The second kappa shape index (κ2) is 8.10. The summed E-state index contributed by atoms with van der Waals surface area (Å²) in [5, 5.41) is 20.9. The number of carboxylic acid groups (broad SMARTS) is 1. The van der Waals surface area contributed by atoms with Crippen LogP contribution in [0.3, 0.4) is 0 Å². The summed E-state index contributed by atoms with van der Waals surface area (Å²) >= 11 is 0. The van der Waals surface area contributed by atoms with Crippen molar-refractivity contribution in [2.45, 2.75) is 98.6 Å². The summed E-state index contributed by atoms with van der Waals surface area (Å²) in [5.41, 5.74) is 0.755. The molecule has 2 saturated carbocycles. The van der Waals surface area contributed by atoms with Crippen LogP contribution in [0.1, 0.15) is 87.0 Å². The van der Waals surface area contributed by atoms with Gasteiger partial charge in [0.1, 0.15) is 5.92 Å². The minimum Gasteiger partial charge on any atom is -0.481 e. The molecule has 186 valence electrons. The molecule has 0 spiro atoms. The maximum Gasteiger partial charge on any atom is 0.314 e. The molecule has 2 N–H and O–H groups in total. The van der Waals surface area contributed by atoms with Crippen LogP contribution < -0.4 is 0 Å². The third kappa shape index (κ3) is 3.86. The minimum absolute atomic E-state index is 0.132. The number of aliphatic hydroxyl groups excluding tert-OH is 1. The summed E-state index contributed by atoms with van der Waals surface area (Å²) in [6.45, 7) is 16.6. The van der Waals surface area contributed by atoms with E-state index in [1.807, 2.05) is 0 Å². The van der Waals surface area contributed by atoms with Gasteiger partial charge in [0.05, 0.1) is 6.10 Å². The van der Waals surface area contributed by atoms with E-state index >= 15 is 0 Å². The highest BCUT2D eigenvalue weighted by molar-refractivity contribution is 6.05.